The van der Waals surface area contributed by atoms with Gasteiger partial charge in [0.05, 0.1) is 0 Å². The average Bonchev–Trinajstić information content (AvgIpc) is 2.35. The molecule has 5 nitrogen and oxygen atoms in total. The van der Waals surface area contributed by atoms with Gasteiger partial charge in [-0.2, -0.15) is 4.98 Å². The summed E-state index contributed by atoms with van der Waals surface area (Å²) in [6.45, 7) is 2.63. The van der Waals surface area contributed by atoms with E-state index >= 15 is 0 Å². The van der Waals surface area contributed by atoms with E-state index in [9.17, 15) is 0 Å². The van der Waals surface area contributed by atoms with Gasteiger partial charge in [-0.1, -0.05) is 18.2 Å². The van der Waals surface area contributed by atoms with Gasteiger partial charge >= 0.3 is 0 Å². The number of nitrogen functional groups attached to an aromatic ring is 1. The monoisotopic (exact) mass is 245 g/mol. The molecule has 0 aliphatic carbocycles. The summed E-state index contributed by atoms with van der Waals surface area (Å²) in [5, 5.41) is 0. The van der Waals surface area contributed by atoms with Crippen molar-refractivity contribution in [3.63, 3.8) is 0 Å². The molecule has 5 heteroatoms. The van der Waals surface area contributed by atoms with Crippen molar-refractivity contribution < 1.29 is 9.47 Å². The number of benzene rings is 1. The van der Waals surface area contributed by atoms with E-state index < -0.39 is 0 Å². The quantitative estimate of drug-likeness (QED) is 0.814. The summed E-state index contributed by atoms with van der Waals surface area (Å²) < 4.78 is 10.9. The number of rotatable bonds is 5. The Bertz CT molecular complexity index is 483. The maximum atomic E-state index is 5.59. The van der Waals surface area contributed by atoms with Gasteiger partial charge in [0.1, 0.15) is 30.6 Å². The van der Waals surface area contributed by atoms with Gasteiger partial charge in [-0.3, -0.25) is 0 Å². The highest BCUT2D eigenvalue weighted by atomic mass is 16.5. The van der Waals surface area contributed by atoms with E-state index in [0.29, 0.717) is 30.7 Å². The Kier molecular flexibility index (Phi) is 3.96. The fraction of sp³-hybridized carbons (Fsp3) is 0.231. The van der Waals surface area contributed by atoms with Crippen LogP contribution in [0.15, 0.2) is 36.4 Å². The standard InChI is InChI=1S/C13H15N3O2/c1-10-15-12(14)9-13(16-10)18-8-7-17-11-5-3-2-4-6-11/h2-6,9H,7-8H2,1H3,(H2,14,15,16). The van der Waals surface area contributed by atoms with Gasteiger partial charge in [-0.25, -0.2) is 4.98 Å². The first kappa shape index (κ1) is 12.2. The fourth-order valence-corrected chi connectivity index (χ4v) is 1.46. The zero-order valence-corrected chi connectivity index (χ0v) is 10.2. The molecule has 0 saturated carbocycles. The van der Waals surface area contributed by atoms with Crippen LogP contribution in [0.3, 0.4) is 0 Å². The maximum absolute atomic E-state index is 5.59. The third-order valence-electron chi connectivity index (χ3n) is 2.18. The molecular weight excluding hydrogens is 230 g/mol. The van der Waals surface area contributed by atoms with E-state index in [1.807, 2.05) is 30.3 Å². The van der Waals surface area contributed by atoms with Crippen molar-refractivity contribution >= 4 is 5.82 Å². The van der Waals surface area contributed by atoms with E-state index in [4.69, 9.17) is 15.2 Å². The van der Waals surface area contributed by atoms with E-state index in [0.717, 1.165) is 5.75 Å². The first-order chi connectivity index (χ1) is 8.74. The van der Waals surface area contributed by atoms with Gasteiger partial charge in [-0.15, -0.1) is 0 Å². The highest BCUT2D eigenvalue weighted by Crippen LogP contribution is 2.11. The van der Waals surface area contributed by atoms with Crippen molar-refractivity contribution in [3.05, 3.63) is 42.2 Å². The number of hydrogen-bond donors (Lipinski definition) is 1. The minimum absolute atomic E-state index is 0.404. The summed E-state index contributed by atoms with van der Waals surface area (Å²) in [6.07, 6.45) is 0. The number of nitrogens with two attached hydrogens (primary N) is 1. The molecule has 0 bridgehead atoms. The third kappa shape index (κ3) is 3.62. The zero-order chi connectivity index (χ0) is 12.8. The van der Waals surface area contributed by atoms with Gasteiger partial charge in [-0.05, 0) is 19.1 Å². The number of ether oxygens (including phenoxy) is 2. The molecule has 0 fully saturated rings. The molecule has 0 radical (unpaired) electrons. The number of aryl methyl sites for hydroxylation is 1. The van der Waals surface area contributed by atoms with E-state index in [2.05, 4.69) is 9.97 Å². The van der Waals surface area contributed by atoms with Crippen LogP contribution in [0.4, 0.5) is 5.82 Å². The first-order valence-corrected chi connectivity index (χ1v) is 5.66. The van der Waals surface area contributed by atoms with Crippen LogP contribution in [0.1, 0.15) is 5.82 Å². The van der Waals surface area contributed by atoms with Gasteiger partial charge in [0.15, 0.2) is 0 Å². The minimum atomic E-state index is 0.404. The Balaban J connectivity index is 1.78. The predicted octanol–water partition coefficient (Wildman–Crippen LogP) is 1.83. The molecule has 2 rings (SSSR count). The van der Waals surface area contributed by atoms with Crippen LogP contribution in [0.2, 0.25) is 0 Å². The molecule has 1 aromatic heterocycles. The summed E-state index contributed by atoms with van der Waals surface area (Å²) in [4.78, 5) is 8.08. The van der Waals surface area contributed by atoms with Crippen LogP contribution < -0.4 is 15.2 Å². The number of nitrogens with zero attached hydrogens (tertiary/aromatic N) is 2. The van der Waals surface area contributed by atoms with Gasteiger partial charge < -0.3 is 15.2 Å². The molecule has 0 amide bonds. The molecule has 0 saturated heterocycles. The molecule has 1 heterocycles. The smallest absolute Gasteiger partial charge is 0.218 e. The Morgan fingerprint density at radius 2 is 1.78 bits per heavy atom. The average molecular weight is 245 g/mol. The molecule has 0 aliphatic rings. The van der Waals surface area contributed by atoms with Crippen molar-refractivity contribution in [2.45, 2.75) is 6.92 Å². The molecule has 0 spiro atoms. The fourth-order valence-electron chi connectivity index (χ4n) is 1.46. The predicted molar refractivity (Wildman–Crippen MR) is 68.6 cm³/mol. The van der Waals surface area contributed by atoms with Gasteiger partial charge in [0.2, 0.25) is 5.88 Å². The molecule has 2 aromatic rings. The lowest BCUT2D eigenvalue weighted by Gasteiger charge is -2.08. The molecular formula is C13H15N3O2. The Morgan fingerprint density at radius 3 is 2.50 bits per heavy atom. The summed E-state index contributed by atoms with van der Waals surface area (Å²) in [7, 11) is 0. The molecule has 1 aromatic carbocycles. The Labute approximate surface area is 106 Å². The molecule has 2 N–H and O–H groups in total. The van der Waals surface area contributed by atoms with Crippen molar-refractivity contribution in [3.8, 4) is 11.6 Å². The van der Waals surface area contributed by atoms with Gasteiger partial charge in [0, 0.05) is 6.07 Å². The van der Waals surface area contributed by atoms with Crippen molar-refractivity contribution in [1.29, 1.82) is 0 Å². The topological polar surface area (TPSA) is 70.3 Å². The van der Waals surface area contributed by atoms with Crippen LogP contribution in [0.25, 0.3) is 0 Å². The lowest BCUT2D eigenvalue weighted by atomic mass is 10.3. The maximum Gasteiger partial charge on any atom is 0.218 e. The summed E-state index contributed by atoms with van der Waals surface area (Å²) >= 11 is 0. The lowest BCUT2D eigenvalue weighted by Crippen LogP contribution is -2.10. The zero-order valence-electron chi connectivity index (χ0n) is 10.2. The van der Waals surface area contributed by atoms with Crippen molar-refractivity contribution in [1.82, 2.24) is 9.97 Å². The van der Waals surface area contributed by atoms with Crippen LogP contribution in [0.5, 0.6) is 11.6 Å². The summed E-state index contributed by atoms with van der Waals surface area (Å²) in [5.41, 5.74) is 5.59. The van der Waals surface area contributed by atoms with Gasteiger partial charge in [0.25, 0.3) is 0 Å². The summed E-state index contributed by atoms with van der Waals surface area (Å²) in [6, 6.07) is 11.2. The molecule has 0 aliphatic heterocycles. The van der Waals surface area contributed by atoms with Crippen molar-refractivity contribution in [2.75, 3.05) is 18.9 Å². The van der Waals surface area contributed by atoms with E-state index in [1.165, 1.54) is 0 Å². The second kappa shape index (κ2) is 5.86. The van der Waals surface area contributed by atoms with Crippen LogP contribution >= 0.6 is 0 Å². The van der Waals surface area contributed by atoms with Crippen molar-refractivity contribution in [2.24, 2.45) is 0 Å². The van der Waals surface area contributed by atoms with Crippen LogP contribution in [-0.2, 0) is 0 Å². The van der Waals surface area contributed by atoms with E-state index in [-0.39, 0.29) is 0 Å². The second-order valence-electron chi connectivity index (χ2n) is 3.69. The minimum Gasteiger partial charge on any atom is -0.490 e. The molecule has 0 atom stereocenters. The number of anilines is 1. The lowest BCUT2D eigenvalue weighted by molar-refractivity contribution is 0.211. The highest BCUT2D eigenvalue weighted by molar-refractivity contribution is 5.32. The molecule has 0 unspecified atom stereocenters. The molecule has 94 valence electrons. The first-order valence-electron chi connectivity index (χ1n) is 5.66. The Morgan fingerprint density at radius 1 is 1.06 bits per heavy atom. The normalized spacial score (nSPS) is 10.1. The van der Waals surface area contributed by atoms with Crippen LogP contribution in [-0.4, -0.2) is 23.2 Å². The number of hydrogen-bond acceptors (Lipinski definition) is 5. The number of para-hydroxylation sites is 1. The third-order valence-corrected chi connectivity index (χ3v) is 2.18. The Hall–Kier alpha value is -2.30. The van der Waals surface area contributed by atoms with E-state index in [1.54, 1.807) is 13.0 Å². The SMILES string of the molecule is Cc1nc(N)cc(OCCOc2ccccc2)n1. The van der Waals surface area contributed by atoms with Crippen LogP contribution in [0, 0.1) is 6.92 Å². The molecule has 18 heavy (non-hydrogen) atoms. The summed E-state index contributed by atoms with van der Waals surface area (Å²) in [5.74, 6) is 2.28. The second-order valence-corrected chi connectivity index (χ2v) is 3.69. The highest BCUT2D eigenvalue weighted by Gasteiger charge is 2.00. The largest absolute Gasteiger partial charge is 0.490 e. The number of aromatic nitrogens is 2.